The molecule has 0 radical (unpaired) electrons. The highest BCUT2D eigenvalue weighted by Crippen LogP contribution is 2.05. The second-order valence-electron chi connectivity index (χ2n) is 4.44. The van der Waals surface area contributed by atoms with Crippen LogP contribution >= 0.6 is 0 Å². The van der Waals surface area contributed by atoms with E-state index < -0.39 is 5.97 Å². The fourth-order valence-electron chi connectivity index (χ4n) is 1.81. The summed E-state index contributed by atoms with van der Waals surface area (Å²) in [5.74, 6) is -1.05. The van der Waals surface area contributed by atoms with Crippen molar-refractivity contribution in [2.24, 2.45) is 0 Å². The van der Waals surface area contributed by atoms with Gasteiger partial charge in [-0.25, -0.2) is 4.79 Å². The van der Waals surface area contributed by atoms with Crippen LogP contribution in [0.5, 0.6) is 0 Å². The lowest BCUT2D eigenvalue weighted by Gasteiger charge is -2.05. The van der Waals surface area contributed by atoms with Gasteiger partial charge in [-0.3, -0.25) is 4.79 Å². The average Bonchev–Trinajstić information content (AvgIpc) is 2.47. The molecular formula is C16H15NO3. The van der Waals surface area contributed by atoms with Crippen molar-refractivity contribution in [2.75, 3.05) is 0 Å². The zero-order chi connectivity index (χ0) is 14.4. The number of hydrogen-bond donors (Lipinski definition) is 2. The summed E-state index contributed by atoms with van der Waals surface area (Å²) in [6.45, 7) is 0.493. The van der Waals surface area contributed by atoms with Crippen LogP contribution in [0.25, 0.3) is 0 Å². The Morgan fingerprint density at radius 1 is 0.900 bits per heavy atom. The van der Waals surface area contributed by atoms with Crippen molar-refractivity contribution in [3.8, 4) is 0 Å². The molecule has 2 aromatic rings. The van der Waals surface area contributed by atoms with Gasteiger partial charge in [-0.2, -0.15) is 0 Å². The molecule has 0 bridgehead atoms. The Hall–Kier alpha value is -2.62. The summed E-state index contributed by atoms with van der Waals surface area (Å²) in [6.07, 6.45) is 0.243. The summed E-state index contributed by atoms with van der Waals surface area (Å²) >= 11 is 0. The summed E-state index contributed by atoms with van der Waals surface area (Å²) in [7, 11) is 0. The van der Waals surface area contributed by atoms with Gasteiger partial charge in [-0.1, -0.05) is 42.5 Å². The highest BCUT2D eigenvalue weighted by atomic mass is 16.4. The molecule has 0 unspecified atom stereocenters. The highest BCUT2D eigenvalue weighted by molar-refractivity contribution is 5.87. The van der Waals surface area contributed by atoms with Crippen LogP contribution in [0.2, 0.25) is 0 Å². The molecule has 0 saturated carbocycles. The maximum absolute atomic E-state index is 11.8. The van der Waals surface area contributed by atoms with Crippen LogP contribution in [0.15, 0.2) is 54.6 Å². The summed E-state index contributed by atoms with van der Waals surface area (Å²) in [5.41, 5.74) is 2.06. The third kappa shape index (κ3) is 3.95. The van der Waals surface area contributed by atoms with Crippen LogP contribution in [-0.4, -0.2) is 17.0 Å². The maximum Gasteiger partial charge on any atom is 0.335 e. The first-order valence-electron chi connectivity index (χ1n) is 6.28. The number of aromatic carboxylic acids is 1. The number of benzene rings is 2. The van der Waals surface area contributed by atoms with Gasteiger partial charge in [0.05, 0.1) is 12.0 Å². The minimum atomic E-state index is -0.968. The third-order valence-corrected chi connectivity index (χ3v) is 2.90. The van der Waals surface area contributed by atoms with E-state index in [-0.39, 0.29) is 17.9 Å². The lowest BCUT2D eigenvalue weighted by atomic mass is 10.1. The highest BCUT2D eigenvalue weighted by Gasteiger charge is 2.05. The molecule has 20 heavy (non-hydrogen) atoms. The molecule has 102 valence electrons. The minimum Gasteiger partial charge on any atom is -0.478 e. The van der Waals surface area contributed by atoms with Crippen molar-refractivity contribution in [3.05, 3.63) is 71.3 Å². The maximum atomic E-state index is 11.8. The summed E-state index contributed by atoms with van der Waals surface area (Å²) in [6, 6.07) is 16.0. The molecule has 4 nitrogen and oxygen atoms in total. The number of amides is 1. The Kier molecular flexibility index (Phi) is 4.50. The molecule has 4 heteroatoms. The molecule has 0 aliphatic rings. The van der Waals surface area contributed by atoms with Gasteiger partial charge in [-0.15, -0.1) is 0 Å². The second-order valence-corrected chi connectivity index (χ2v) is 4.44. The molecule has 0 aromatic heterocycles. The number of carboxylic acid groups (broad SMARTS) is 1. The van der Waals surface area contributed by atoms with Crippen LogP contribution in [0.4, 0.5) is 0 Å². The number of hydrogen-bond acceptors (Lipinski definition) is 2. The van der Waals surface area contributed by atoms with Crippen LogP contribution < -0.4 is 5.32 Å². The van der Waals surface area contributed by atoms with Gasteiger partial charge >= 0.3 is 5.97 Å². The van der Waals surface area contributed by atoms with Crippen LogP contribution in [-0.2, 0) is 17.8 Å². The minimum absolute atomic E-state index is 0.0862. The van der Waals surface area contributed by atoms with Crippen molar-refractivity contribution in [1.82, 2.24) is 5.32 Å². The predicted molar refractivity (Wildman–Crippen MR) is 75.4 cm³/mol. The average molecular weight is 269 g/mol. The lowest BCUT2D eigenvalue weighted by molar-refractivity contribution is -0.120. The largest absolute Gasteiger partial charge is 0.478 e. The van der Waals surface area contributed by atoms with Crippen LogP contribution in [0, 0.1) is 0 Å². The van der Waals surface area contributed by atoms with Gasteiger partial charge in [0.2, 0.25) is 5.91 Å². The summed E-state index contributed by atoms with van der Waals surface area (Å²) in [4.78, 5) is 22.5. The van der Waals surface area contributed by atoms with Gasteiger partial charge in [0, 0.05) is 6.54 Å². The van der Waals surface area contributed by atoms with E-state index in [1.807, 2.05) is 30.3 Å². The Labute approximate surface area is 117 Å². The Morgan fingerprint density at radius 2 is 1.55 bits per heavy atom. The Balaban J connectivity index is 1.86. The van der Waals surface area contributed by atoms with Gasteiger partial charge in [-0.05, 0) is 23.3 Å². The van der Waals surface area contributed by atoms with E-state index in [1.165, 1.54) is 12.1 Å². The van der Waals surface area contributed by atoms with E-state index in [2.05, 4.69) is 5.32 Å². The molecule has 2 aromatic carbocycles. The zero-order valence-corrected chi connectivity index (χ0v) is 10.9. The fourth-order valence-corrected chi connectivity index (χ4v) is 1.81. The smallest absolute Gasteiger partial charge is 0.335 e. The van der Waals surface area contributed by atoms with Crippen molar-refractivity contribution in [2.45, 2.75) is 13.0 Å². The number of nitrogens with one attached hydrogen (secondary N) is 1. The normalized spacial score (nSPS) is 10.0. The molecule has 2 N–H and O–H groups in total. The summed E-state index contributed by atoms with van der Waals surface area (Å²) < 4.78 is 0. The van der Waals surface area contributed by atoms with Gasteiger partial charge in [0.1, 0.15) is 0 Å². The van der Waals surface area contributed by atoms with Gasteiger partial charge < -0.3 is 10.4 Å². The van der Waals surface area contributed by atoms with Crippen molar-refractivity contribution in [1.29, 1.82) is 0 Å². The molecule has 0 aliphatic heterocycles. The van der Waals surface area contributed by atoms with E-state index in [4.69, 9.17) is 5.11 Å². The van der Waals surface area contributed by atoms with Crippen LogP contribution in [0.1, 0.15) is 21.5 Å². The van der Waals surface area contributed by atoms with Gasteiger partial charge in [0.15, 0.2) is 0 Å². The molecule has 0 aliphatic carbocycles. The first-order chi connectivity index (χ1) is 9.65. The molecule has 0 saturated heterocycles. The van der Waals surface area contributed by atoms with E-state index in [0.29, 0.717) is 6.54 Å². The Bertz CT molecular complexity index is 591. The SMILES string of the molecule is O=C(Cc1ccc(C(=O)O)cc1)NCc1ccccc1. The fraction of sp³-hybridized carbons (Fsp3) is 0.125. The molecule has 2 rings (SSSR count). The van der Waals surface area contributed by atoms with E-state index in [9.17, 15) is 9.59 Å². The Morgan fingerprint density at radius 3 is 2.15 bits per heavy atom. The van der Waals surface area contributed by atoms with Gasteiger partial charge in [0.25, 0.3) is 0 Å². The standard InChI is InChI=1S/C16H15NO3/c18-15(17-11-13-4-2-1-3-5-13)10-12-6-8-14(9-7-12)16(19)20/h1-9H,10-11H2,(H,17,18)(H,19,20). The van der Waals surface area contributed by atoms with Crippen molar-refractivity contribution >= 4 is 11.9 Å². The summed E-state index contributed by atoms with van der Waals surface area (Å²) in [5, 5.41) is 11.6. The molecule has 0 fully saturated rings. The first kappa shape index (κ1) is 13.8. The third-order valence-electron chi connectivity index (χ3n) is 2.90. The molecular weight excluding hydrogens is 254 g/mol. The molecule has 0 heterocycles. The molecule has 0 spiro atoms. The molecule has 0 atom stereocenters. The zero-order valence-electron chi connectivity index (χ0n) is 10.9. The van der Waals surface area contributed by atoms with Crippen molar-refractivity contribution in [3.63, 3.8) is 0 Å². The second kappa shape index (κ2) is 6.52. The number of carbonyl (C=O) groups is 2. The quantitative estimate of drug-likeness (QED) is 0.874. The predicted octanol–water partition coefficient (Wildman–Crippen LogP) is 2.24. The van der Waals surface area contributed by atoms with Crippen molar-refractivity contribution < 1.29 is 14.7 Å². The number of carboxylic acids is 1. The first-order valence-corrected chi connectivity index (χ1v) is 6.28. The number of carbonyl (C=O) groups excluding carboxylic acids is 1. The van der Waals surface area contributed by atoms with E-state index in [1.54, 1.807) is 12.1 Å². The van der Waals surface area contributed by atoms with E-state index >= 15 is 0 Å². The monoisotopic (exact) mass is 269 g/mol. The molecule has 1 amide bonds. The lowest BCUT2D eigenvalue weighted by Crippen LogP contribution is -2.24. The van der Waals surface area contributed by atoms with E-state index in [0.717, 1.165) is 11.1 Å². The van der Waals surface area contributed by atoms with Crippen LogP contribution in [0.3, 0.4) is 0 Å². The topological polar surface area (TPSA) is 66.4 Å². The number of rotatable bonds is 5.